The molecule has 0 atom stereocenters. The number of nitrogens with zero attached hydrogens (tertiary/aromatic N) is 2. The van der Waals surface area contributed by atoms with Crippen LogP contribution in [-0.2, 0) is 19.4 Å². The van der Waals surface area contributed by atoms with Gasteiger partial charge in [0, 0.05) is 10.6 Å². The molecule has 2 aromatic heterocycles. The quantitative estimate of drug-likeness (QED) is 0.675. The van der Waals surface area contributed by atoms with Gasteiger partial charge in [-0.05, 0) is 62.4 Å². The van der Waals surface area contributed by atoms with E-state index in [0.29, 0.717) is 19.0 Å². The summed E-state index contributed by atoms with van der Waals surface area (Å²) in [6, 6.07) is 7.69. The molecule has 0 fully saturated rings. The number of nitrogens with one attached hydrogen (secondary N) is 1. The van der Waals surface area contributed by atoms with Crippen LogP contribution in [0, 0.1) is 0 Å². The van der Waals surface area contributed by atoms with Gasteiger partial charge in [0.25, 0.3) is 5.56 Å². The van der Waals surface area contributed by atoms with Gasteiger partial charge in [0.05, 0.1) is 18.5 Å². The molecule has 0 radical (unpaired) electrons. The summed E-state index contributed by atoms with van der Waals surface area (Å²) < 4.78 is 6.63. The molecule has 0 saturated heterocycles. The maximum absolute atomic E-state index is 12.8. The maximum Gasteiger partial charge on any atom is 0.281 e. The van der Waals surface area contributed by atoms with Crippen LogP contribution >= 0.6 is 11.3 Å². The molecule has 3 N–H and O–H groups in total. The Hall–Kier alpha value is -2.54. The predicted octanol–water partition coefficient (Wildman–Crippen LogP) is 3.06. The van der Waals surface area contributed by atoms with Crippen molar-refractivity contribution in [3.05, 3.63) is 50.9 Å². The SMILES string of the molecule is CCOc1ccc(NCc2nc3sc4c(c3c(=O)n2N)CCCC4)cc1. The normalized spacial score (nSPS) is 13.6. The van der Waals surface area contributed by atoms with E-state index < -0.39 is 0 Å². The van der Waals surface area contributed by atoms with Gasteiger partial charge in [0.15, 0.2) is 5.82 Å². The molecule has 0 aliphatic heterocycles. The Kier molecular flexibility index (Phi) is 4.55. The molecule has 136 valence electrons. The number of nitrogen functional groups attached to an aromatic ring is 1. The van der Waals surface area contributed by atoms with Crippen molar-refractivity contribution >= 4 is 27.2 Å². The zero-order valence-corrected chi connectivity index (χ0v) is 15.6. The molecule has 1 aliphatic rings. The van der Waals surface area contributed by atoms with Gasteiger partial charge in [-0.2, -0.15) is 0 Å². The Labute approximate surface area is 155 Å². The van der Waals surface area contributed by atoms with Crippen molar-refractivity contribution in [3.8, 4) is 5.75 Å². The molecule has 0 bridgehead atoms. The van der Waals surface area contributed by atoms with E-state index in [-0.39, 0.29) is 5.56 Å². The van der Waals surface area contributed by atoms with Crippen LogP contribution in [0.5, 0.6) is 5.75 Å². The van der Waals surface area contributed by atoms with Crippen molar-refractivity contribution < 1.29 is 4.74 Å². The van der Waals surface area contributed by atoms with Crippen LogP contribution in [0.4, 0.5) is 5.69 Å². The first-order chi connectivity index (χ1) is 12.7. The molecule has 0 saturated carbocycles. The van der Waals surface area contributed by atoms with Gasteiger partial charge in [0.1, 0.15) is 10.6 Å². The first-order valence-electron chi connectivity index (χ1n) is 8.95. The third-order valence-electron chi connectivity index (χ3n) is 4.71. The molecule has 2 heterocycles. The van der Waals surface area contributed by atoms with Crippen molar-refractivity contribution in [1.29, 1.82) is 0 Å². The Balaban J connectivity index is 1.60. The number of fused-ring (bicyclic) bond motifs is 3. The first-order valence-corrected chi connectivity index (χ1v) is 9.77. The van der Waals surface area contributed by atoms with Crippen molar-refractivity contribution in [2.75, 3.05) is 17.8 Å². The van der Waals surface area contributed by atoms with Gasteiger partial charge in [0.2, 0.25) is 0 Å². The van der Waals surface area contributed by atoms with Crippen molar-refractivity contribution in [1.82, 2.24) is 9.66 Å². The number of aryl methyl sites for hydroxylation is 2. The summed E-state index contributed by atoms with van der Waals surface area (Å²) in [4.78, 5) is 19.6. The van der Waals surface area contributed by atoms with Crippen molar-refractivity contribution in [3.63, 3.8) is 0 Å². The zero-order chi connectivity index (χ0) is 18.1. The zero-order valence-electron chi connectivity index (χ0n) is 14.7. The highest BCUT2D eigenvalue weighted by atomic mass is 32.1. The lowest BCUT2D eigenvalue weighted by Crippen LogP contribution is -2.32. The molecule has 1 aromatic carbocycles. The van der Waals surface area contributed by atoms with Gasteiger partial charge < -0.3 is 15.9 Å². The fourth-order valence-electron chi connectivity index (χ4n) is 3.40. The molecule has 1 aliphatic carbocycles. The van der Waals surface area contributed by atoms with E-state index in [0.717, 1.165) is 40.9 Å². The summed E-state index contributed by atoms with van der Waals surface area (Å²) >= 11 is 1.64. The van der Waals surface area contributed by atoms with E-state index in [1.807, 2.05) is 31.2 Å². The molecule has 4 rings (SSSR count). The second-order valence-electron chi connectivity index (χ2n) is 6.41. The van der Waals surface area contributed by atoms with Crippen LogP contribution < -0.4 is 21.5 Å². The monoisotopic (exact) mass is 370 g/mol. The molecular weight excluding hydrogens is 348 g/mol. The Morgan fingerprint density at radius 3 is 2.81 bits per heavy atom. The topological polar surface area (TPSA) is 82.2 Å². The van der Waals surface area contributed by atoms with Crippen molar-refractivity contribution in [2.45, 2.75) is 39.2 Å². The summed E-state index contributed by atoms with van der Waals surface area (Å²) in [5.74, 6) is 7.42. The third-order valence-corrected chi connectivity index (χ3v) is 5.90. The number of nitrogens with two attached hydrogens (primary N) is 1. The average Bonchev–Trinajstić information content (AvgIpc) is 3.03. The van der Waals surface area contributed by atoms with E-state index >= 15 is 0 Å². The molecule has 3 aromatic rings. The second-order valence-corrected chi connectivity index (χ2v) is 7.49. The molecule has 26 heavy (non-hydrogen) atoms. The lowest BCUT2D eigenvalue weighted by Gasteiger charge is -2.12. The number of ether oxygens (including phenoxy) is 1. The van der Waals surface area contributed by atoms with E-state index in [4.69, 9.17) is 10.6 Å². The van der Waals surface area contributed by atoms with E-state index in [9.17, 15) is 4.79 Å². The Morgan fingerprint density at radius 2 is 2.04 bits per heavy atom. The van der Waals surface area contributed by atoms with Crippen LogP contribution in [-0.4, -0.2) is 16.3 Å². The molecule has 0 amide bonds. The smallest absolute Gasteiger partial charge is 0.281 e. The molecule has 0 unspecified atom stereocenters. The minimum Gasteiger partial charge on any atom is -0.494 e. The number of anilines is 1. The highest BCUT2D eigenvalue weighted by Gasteiger charge is 2.21. The van der Waals surface area contributed by atoms with Gasteiger partial charge >= 0.3 is 0 Å². The fourth-order valence-corrected chi connectivity index (χ4v) is 4.67. The van der Waals surface area contributed by atoms with Gasteiger partial charge in [-0.25, -0.2) is 9.66 Å². The minimum atomic E-state index is -0.141. The van der Waals surface area contributed by atoms with Gasteiger partial charge in [-0.3, -0.25) is 4.79 Å². The van der Waals surface area contributed by atoms with Crippen molar-refractivity contribution in [2.24, 2.45) is 0 Å². The molecular formula is C19H22N4O2S. The minimum absolute atomic E-state index is 0.141. The number of benzene rings is 1. The number of hydrogen-bond acceptors (Lipinski definition) is 6. The Morgan fingerprint density at radius 1 is 1.27 bits per heavy atom. The molecule has 0 spiro atoms. The summed E-state index contributed by atoms with van der Waals surface area (Å²) in [5, 5.41) is 3.99. The standard InChI is InChI=1S/C19H22N4O2S/c1-2-25-13-9-7-12(8-10-13)21-11-16-22-18-17(19(24)23(16)20)14-5-3-4-6-15(14)26-18/h7-10,21H,2-6,11,20H2,1H3. The van der Waals surface area contributed by atoms with E-state index in [1.165, 1.54) is 21.5 Å². The van der Waals surface area contributed by atoms with Gasteiger partial charge in [-0.15, -0.1) is 11.3 Å². The molecule has 6 nitrogen and oxygen atoms in total. The third kappa shape index (κ3) is 3.03. The number of hydrogen-bond donors (Lipinski definition) is 2. The summed E-state index contributed by atoms with van der Waals surface area (Å²) in [5.41, 5.74) is 1.95. The maximum atomic E-state index is 12.8. The lowest BCUT2D eigenvalue weighted by molar-refractivity contribution is 0.340. The van der Waals surface area contributed by atoms with Crippen LogP contribution in [0.25, 0.3) is 10.2 Å². The van der Waals surface area contributed by atoms with E-state index in [1.54, 1.807) is 11.3 Å². The summed E-state index contributed by atoms with van der Waals surface area (Å²) in [7, 11) is 0. The number of thiophene rings is 1. The van der Waals surface area contributed by atoms with Crippen LogP contribution in [0.3, 0.4) is 0 Å². The van der Waals surface area contributed by atoms with E-state index in [2.05, 4.69) is 10.3 Å². The molecule has 7 heteroatoms. The first kappa shape index (κ1) is 16.9. The predicted molar refractivity (Wildman–Crippen MR) is 106 cm³/mol. The second kappa shape index (κ2) is 6.99. The summed E-state index contributed by atoms with van der Waals surface area (Å²) in [6.45, 7) is 2.98. The number of rotatable bonds is 5. The lowest BCUT2D eigenvalue weighted by atomic mass is 9.97. The average molecular weight is 370 g/mol. The fraction of sp³-hybridized carbons (Fsp3) is 0.368. The van der Waals surface area contributed by atoms with Gasteiger partial charge in [-0.1, -0.05) is 0 Å². The van der Waals surface area contributed by atoms with Crippen LogP contribution in [0.2, 0.25) is 0 Å². The highest BCUT2D eigenvalue weighted by molar-refractivity contribution is 7.18. The number of aromatic nitrogens is 2. The summed E-state index contributed by atoms with van der Waals surface area (Å²) in [6.07, 6.45) is 4.31. The largest absolute Gasteiger partial charge is 0.494 e. The van der Waals surface area contributed by atoms with Crippen LogP contribution in [0.15, 0.2) is 29.1 Å². The van der Waals surface area contributed by atoms with Crippen LogP contribution in [0.1, 0.15) is 36.0 Å². The highest BCUT2D eigenvalue weighted by Crippen LogP contribution is 2.33. The Bertz CT molecular complexity index is 991.